The Balaban J connectivity index is 2.25. The van der Waals surface area contributed by atoms with Gasteiger partial charge in [-0.2, -0.15) is 0 Å². The molecule has 3 N–H and O–H groups in total. The Bertz CT molecular complexity index is 610. The second-order valence-corrected chi connectivity index (χ2v) is 4.30. The number of amides is 1. The number of hydrogen-bond donors (Lipinski definition) is 2. The molecule has 0 atom stereocenters. The Morgan fingerprint density at radius 2 is 1.95 bits per heavy atom. The highest BCUT2D eigenvalue weighted by molar-refractivity contribution is 6.32. The molecule has 0 aliphatic heterocycles. The van der Waals surface area contributed by atoms with E-state index in [0.29, 0.717) is 0 Å². The molecular formula is C11H7Cl2FN4O. The van der Waals surface area contributed by atoms with Crippen molar-refractivity contribution in [3.8, 4) is 0 Å². The number of benzene rings is 1. The van der Waals surface area contributed by atoms with Gasteiger partial charge in [-0.05, 0) is 29.8 Å². The van der Waals surface area contributed by atoms with Crippen molar-refractivity contribution < 1.29 is 9.18 Å². The number of nitrogens with one attached hydrogen (secondary N) is 1. The quantitative estimate of drug-likeness (QED) is 0.508. The van der Waals surface area contributed by atoms with Crippen molar-refractivity contribution in [3.05, 3.63) is 46.1 Å². The monoisotopic (exact) mass is 300 g/mol. The van der Waals surface area contributed by atoms with Crippen LogP contribution in [0.1, 0.15) is 10.4 Å². The summed E-state index contributed by atoms with van der Waals surface area (Å²) in [5, 5.41) is 2.38. The minimum atomic E-state index is -0.607. The third-order valence-corrected chi connectivity index (χ3v) is 2.45. The fourth-order valence-electron chi connectivity index (χ4n) is 1.39. The lowest BCUT2D eigenvalue weighted by atomic mass is 10.2. The number of aromatic nitrogens is 2. The van der Waals surface area contributed by atoms with Gasteiger partial charge in [0, 0.05) is 17.3 Å². The summed E-state index contributed by atoms with van der Waals surface area (Å²) in [6.45, 7) is 0. The molecular weight excluding hydrogens is 294 g/mol. The van der Waals surface area contributed by atoms with Gasteiger partial charge in [0.15, 0.2) is 0 Å². The molecule has 8 heteroatoms. The highest BCUT2D eigenvalue weighted by atomic mass is 35.5. The van der Waals surface area contributed by atoms with Crippen molar-refractivity contribution in [1.29, 1.82) is 0 Å². The number of halogens is 3. The fraction of sp³-hybridized carbons (Fsp3) is 0. The molecule has 0 unspecified atom stereocenters. The van der Waals surface area contributed by atoms with E-state index < -0.39 is 11.7 Å². The van der Waals surface area contributed by atoms with Gasteiger partial charge in [-0.3, -0.25) is 4.79 Å². The summed E-state index contributed by atoms with van der Waals surface area (Å²) in [4.78, 5) is 19.2. The molecule has 0 saturated carbocycles. The number of nitrogens with two attached hydrogens (primary N) is 1. The van der Waals surface area contributed by atoms with Gasteiger partial charge in [-0.15, -0.1) is 0 Å². The molecule has 2 aromatic rings. The lowest BCUT2D eigenvalue weighted by Gasteiger charge is -2.06. The van der Waals surface area contributed by atoms with E-state index in [0.717, 1.165) is 12.1 Å². The van der Waals surface area contributed by atoms with E-state index in [4.69, 9.17) is 28.9 Å². The van der Waals surface area contributed by atoms with Gasteiger partial charge in [-0.1, -0.05) is 11.6 Å². The summed E-state index contributed by atoms with van der Waals surface area (Å²) in [6, 6.07) is 4.81. The molecule has 0 saturated heterocycles. The van der Waals surface area contributed by atoms with Crippen molar-refractivity contribution in [1.82, 2.24) is 9.97 Å². The van der Waals surface area contributed by atoms with Crippen molar-refractivity contribution >= 4 is 40.6 Å². The smallest absolute Gasteiger partial charge is 0.256 e. The van der Waals surface area contributed by atoms with Crippen LogP contribution in [0.5, 0.6) is 0 Å². The van der Waals surface area contributed by atoms with Crippen LogP contribution in [0.3, 0.4) is 0 Å². The maximum Gasteiger partial charge on any atom is 0.256 e. The van der Waals surface area contributed by atoms with Gasteiger partial charge in [0.1, 0.15) is 16.8 Å². The van der Waals surface area contributed by atoms with Crippen LogP contribution in [0.2, 0.25) is 10.4 Å². The number of carbonyl (C=O) groups excluding carboxylic acids is 1. The molecule has 0 bridgehead atoms. The number of rotatable bonds is 2. The van der Waals surface area contributed by atoms with Gasteiger partial charge in [-0.25, -0.2) is 14.4 Å². The van der Waals surface area contributed by atoms with Crippen LogP contribution in [-0.2, 0) is 0 Å². The minimum Gasteiger partial charge on any atom is -0.399 e. The topological polar surface area (TPSA) is 80.9 Å². The van der Waals surface area contributed by atoms with Crippen LogP contribution in [0.15, 0.2) is 24.3 Å². The third-order valence-electron chi connectivity index (χ3n) is 2.09. The Morgan fingerprint density at radius 3 is 2.58 bits per heavy atom. The molecule has 98 valence electrons. The lowest BCUT2D eigenvalue weighted by molar-refractivity contribution is 0.102. The summed E-state index contributed by atoms with van der Waals surface area (Å²) < 4.78 is 13.1. The van der Waals surface area contributed by atoms with Crippen molar-refractivity contribution in [2.24, 2.45) is 0 Å². The molecule has 0 spiro atoms. The van der Waals surface area contributed by atoms with Crippen molar-refractivity contribution in [3.63, 3.8) is 0 Å². The molecule has 1 heterocycles. The van der Waals surface area contributed by atoms with E-state index in [-0.39, 0.29) is 27.5 Å². The zero-order chi connectivity index (χ0) is 14.0. The largest absolute Gasteiger partial charge is 0.399 e. The van der Waals surface area contributed by atoms with Crippen LogP contribution in [0.4, 0.5) is 15.9 Å². The summed E-state index contributed by atoms with van der Waals surface area (Å²) in [6.07, 6.45) is 0. The maximum atomic E-state index is 13.1. The number of hydrogen-bond acceptors (Lipinski definition) is 4. The summed E-state index contributed by atoms with van der Waals surface area (Å²) >= 11 is 11.3. The predicted molar refractivity (Wildman–Crippen MR) is 70.8 cm³/mol. The summed E-state index contributed by atoms with van der Waals surface area (Å²) in [5.41, 5.74) is 5.65. The van der Waals surface area contributed by atoms with Gasteiger partial charge in [0.2, 0.25) is 5.28 Å². The third kappa shape index (κ3) is 3.52. The predicted octanol–water partition coefficient (Wildman–Crippen LogP) is 2.76. The van der Waals surface area contributed by atoms with Crippen LogP contribution in [0.25, 0.3) is 0 Å². The molecule has 19 heavy (non-hydrogen) atoms. The van der Waals surface area contributed by atoms with E-state index in [1.54, 1.807) is 0 Å². The molecule has 0 aliphatic carbocycles. The highest BCUT2D eigenvalue weighted by Crippen LogP contribution is 2.16. The Kier molecular flexibility index (Phi) is 3.82. The number of nitrogen functional groups attached to an aromatic ring is 1. The first-order valence-corrected chi connectivity index (χ1v) is 5.77. The van der Waals surface area contributed by atoms with Crippen molar-refractivity contribution in [2.75, 3.05) is 11.1 Å². The van der Waals surface area contributed by atoms with E-state index in [1.165, 1.54) is 12.1 Å². The Hall–Kier alpha value is -1.92. The van der Waals surface area contributed by atoms with Gasteiger partial charge < -0.3 is 11.1 Å². The average Bonchev–Trinajstić information content (AvgIpc) is 2.25. The molecule has 1 aromatic heterocycles. The highest BCUT2D eigenvalue weighted by Gasteiger charge is 2.10. The average molecular weight is 301 g/mol. The number of carbonyl (C=O) groups is 1. The Labute approximate surface area is 117 Å². The SMILES string of the molecule is Nc1cc(F)cc(C(=O)Nc2cc(Cl)nc(Cl)n2)c1. The zero-order valence-corrected chi connectivity index (χ0v) is 10.8. The van der Waals surface area contributed by atoms with E-state index in [9.17, 15) is 9.18 Å². The van der Waals surface area contributed by atoms with Crippen LogP contribution >= 0.6 is 23.2 Å². The van der Waals surface area contributed by atoms with Crippen LogP contribution < -0.4 is 11.1 Å². The normalized spacial score (nSPS) is 10.3. The minimum absolute atomic E-state index is 0.0587. The molecule has 0 fully saturated rings. The zero-order valence-electron chi connectivity index (χ0n) is 9.32. The van der Waals surface area contributed by atoms with Crippen LogP contribution in [0, 0.1) is 5.82 Å². The molecule has 2 rings (SSSR count). The number of anilines is 2. The second-order valence-electron chi connectivity index (χ2n) is 3.57. The first-order valence-electron chi connectivity index (χ1n) is 5.01. The summed E-state index contributed by atoms with van der Waals surface area (Å²) in [5.74, 6) is -1.08. The van der Waals surface area contributed by atoms with E-state index >= 15 is 0 Å². The molecule has 5 nitrogen and oxygen atoms in total. The van der Waals surface area contributed by atoms with Gasteiger partial charge in [0.25, 0.3) is 5.91 Å². The standard InChI is InChI=1S/C11H7Cl2FN4O/c12-8-4-9(18-11(13)16-8)17-10(19)5-1-6(14)3-7(15)2-5/h1-4H,15H2,(H,16,17,18,19). The fourth-order valence-corrected chi connectivity index (χ4v) is 1.79. The molecule has 1 aromatic carbocycles. The Morgan fingerprint density at radius 1 is 1.21 bits per heavy atom. The molecule has 0 radical (unpaired) electrons. The van der Waals surface area contributed by atoms with Crippen molar-refractivity contribution in [2.45, 2.75) is 0 Å². The first kappa shape index (κ1) is 13.5. The van der Waals surface area contributed by atoms with E-state index in [2.05, 4.69) is 15.3 Å². The van der Waals surface area contributed by atoms with Crippen LogP contribution in [-0.4, -0.2) is 15.9 Å². The first-order chi connectivity index (χ1) is 8.94. The molecule has 0 aliphatic rings. The second kappa shape index (κ2) is 5.38. The van der Waals surface area contributed by atoms with Gasteiger partial charge >= 0.3 is 0 Å². The lowest BCUT2D eigenvalue weighted by Crippen LogP contribution is -2.14. The molecule has 1 amide bonds. The van der Waals surface area contributed by atoms with Gasteiger partial charge in [0.05, 0.1) is 0 Å². The maximum absolute atomic E-state index is 13.1. The number of nitrogens with zero attached hydrogens (tertiary/aromatic N) is 2. The summed E-state index contributed by atoms with van der Waals surface area (Å²) in [7, 11) is 0. The van der Waals surface area contributed by atoms with E-state index in [1.807, 2.05) is 0 Å².